The SMILES string of the molecule is CCCCCCCCCCN(CCc1ccc(OC(F)(F)F)cc1)CC1CC1.Cc1cccc(-c2sc(N)nc2C(=O)O)c1. The second-order valence-electron chi connectivity index (χ2n) is 11.6. The largest absolute Gasteiger partial charge is 0.573 e. The standard InChI is InChI=1S/C23H36F3NO.C11H10N2O2S/c1-2-3-4-5-6-7-8-9-17-27(19-21-10-11-21)18-16-20-12-14-22(15-13-20)28-23(24,25)26;1-6-3-2-4-7(5-6)9-8(10(14)15)13-11(12)16-9/h12-15,21H,2-11,16-19H2,1H3;2-5H,1H3,(H2,12,13)(H,14,15). The number of anilines is 1. The Morgan fingerprint density at radius 3 is 2.27 bits per heavy atom. The highest BCUT2D eigenvalue weighted by atomic mass is 32.1. The van der Waals surface area contributed by atoms with Gasteiger partial charge in [0.15, 0.2) is 10.8 Å². The number of hydrogen-bond acceptors (Lipinski definition) is 6. The van der Waals surface area contributed by atoms with E-state index in [-0.39, 0.29) is 16.6 Å². The van der Waals surface area contributed by atoms with Crippen LogP contribution in [0.1, 0.15) is 92.7 Å². The normalized spacial score (nSPS) is 13.0. The third kappa shape index (κ3) is 13.7. The predicted molar refractivity (Wildman–Crippen MR) is 172 cm³/mol. The zero-order chi connectivity index (χ0) is 32.0. The van der Waals surface area contributed by atoms with Crippen molar-refractivity contribution in [3.8, 4) is 16.2 Å². The van der Waals surface area contributed by atoms with Gasteiger partial charge in [-0.25, -0.2) is 9.78 Å². The molecule has 1 aromatic heterocycles. The van der Waals surface area contributed by atoms with E-state index in [1.165, 1.54) is 94.2 Å². The third-order valence-corrected chi connectivity index (χ3v) is 8.47. The highest BCUT2D eigenvalue weighted by Crippen LogP contribution is 2.32. The molecule has 0 saturated heterocycles. The van der Waals surface area contributed by atoms with E-state index in [9.17, 15) is 18.0 Å². The van der Waals surface area contributed by atoms with Gasteiger partial charge in [-0.15, -0.1) is 13.2 Å². The molecule has 4 rings (SSSR count). The average Bonchev–Trinajstić information content (AvgIpc) is 3.70. The fourth-order valence-corrected chi connectivity index (χ4v) is 5.86. The number of rotatable bonds is 17. The van der Waals surface area contributed by atoms with Crippen molar-refractivity contribution in [2.45, 2.75) is 90.8 Å². The summed E-state index contributed by atoms with van der Waals surface area (Å²) in [5.41, 5.74) is 8.53. The zero-order valence-corrected chi connectivity index (χ0v) is 26.7. The molecule has 0 atom stereocenters. The van der Waals surface area contributed by atoms with Crippen LogP contribution in [0.25, 0.3) is 10.4 Å². The number of halogens is 3. The molecule has 44 heavy (non-hydrogen) atoms. The van der Waals surface area contributed by atoms with Gasteiger partial charge in [0.05, 0.1) is 4.88 Å². The minimum Gasteiger partial charge on any atom is -0.476 e. The summed E-state index contributed by atoms with van der Waals surface area (Å²) in [7, 11) is 0. The molecule has 1 fully saturated rings. The molecule has 0 spiro atoms. The number of unbranched alkanes of at least 4 members (excludes halogenated alkanes) is 7. The lowest BCUT2D eigenvalue weighted by atomic mass is 10.1. The van der Waals surface area contributed by atoms with Gasteiger partial charge in [-0.2, -0.15) is 0 Å². The maximum absolute atomic E-state index is 12.2. The van der Waals surface area contributed by atoms with Crippen molar-refractivity contribution in [2.75, 3.05) is 25.4 Å². The summed E-state index contributed by atoms with van der Waals surface area (Å²) >= 11 is 1.19. The van der Waals surface area contributed by atoms with Crippen LogP contribution >= 0.6 is 11.3 Å². The molecule has 0 unspecified atom stereocenters. The van der Waals surface area contributed by atoms with E-state index in [1.807, 2.05) is 31.2 Å². The van der Waals surface area contributed by atoms with Crippen LogP contribution in [0.2, 0.25) is 0 Å². The Balaban J connectivity index is 0.000000278. The highest BCUT2D eigenvalue weighted by molar-refractivity contribution is 7.19. The number of carboxylic acids is 1. The number of carboxylic acid groups (broad SMARTS) is 1. The number of benzene rings is 2. The Morgan fingerprint density at radius 2 is 1.68 bits per heavy atom. The molecule has 0 radical (unpaired) electrons. The first-order valence-electron chi connectivity index (χ1n) is 15.7. The monoisotopic (exact) mass is 633 g/mol. The fourth-order valence-electron chi connectivity index (χ4n) is 5.04. The van der Waals surface area contributed by atoms with Crippen LogP contribution in [0.3, 0.4) is 0 Å². The molecular weight excluding hydrogens is 587 g/mol. The lowest BCUT2D eigenvalue weighted by Crippen LogP contribution is -2.29. The van der Waals surface area contributed by atoms with Crippen molar-refractivity contribution in [1.29, 1.82) is 0 Å². The molecule has 1 aliphatic carbocycles. The molecule has 0 bridgehead atoms. The number of nitrogens with zero attached hydrogens (tertiary/aromatic N) is 2. The van der Waals surface area contributed by atoms with E-state index >= 15 is 0 Å². The van der Waals surface area contributed by atoms with Crippen LogP contribution in [-0.4, -0.2) is 47.0 Å². The number of alkyl halides is 3. The smallest absolute Gasteiger partial charge is 0.476 e. The van der Waals surface area contributed by atoms with Crippen molar-refractivity contribution in [1.82, 2.24) is 9.88 Å². The van der Waals surface area contributed by atoms with Gasteiger partial charge in [0.25, 0.3) is 0 Å². The summed E-state index contributed by atoms with van der Waals surface area (Å²) in [6.45, 7) is 7.49. The van der Waals surface area contributed by atoms with E-state index in [4.69, 9.17) is 10.8 Å². The second-order valence-corrected chi connectivity index (χ2v) is 12.6. The number of hydrogen-bond donors (Lipinski definition) is 2. The Bertz CT molecular complexity index is 1280. The predicted octanol–water partition coefficient (Wildman–Crippen LogP) is 9.38. The van der Waals surface area contributed by atoms with Crippen LogP contribution in [0.4, 0.5) is 18.3 Å². The molecule has 0 aliphatic heterocycles. The number of ether oxygens (including phenoxy) is 1. The number of aryl methyl sites for hydroxylation is 1. The summed E-state index contributed by atoms with van der Waals surface area (Å²) in [4.78, 5) is 18.0. The fraction of sp³-hybridized carbons (Fsp3) is 0.529. The molecular formula is C34H46F3N3O3S. The second kappa shape index (κ2) is 18.0. The molecule has 1 saturated carbocycles. The molecule has 1 aliphatic rings. The summed E-state index contributed by atoms with van der Waals surface area (Å²) < 4.78 is 40.7. The molecule has 3 aromatic rings. The van der Waals surface area contributed by atoms with Crippen LogP contribution in [0.5, 0.6) is 5.75 Å². The van der Waals surface area contributed by atoms with Crippen LogP contribution in [0.15, 0.2) is 48.5 Å². The van der Waals surface area contributed by atoms with Gasteiger partial charge in [-0.1, -0.05) is 105 Å². The zero-order valence-electron chi connectivity index (χ0n) is 25.9. The molecule has 3 N–H and O–H groups in total. The Morgan fingerprint density at radius 1 is 1.02 bits per heavy atom. The average molecular weight is 634 g/mol. The highest BCUT2D eigenvalue weighted by Gasteiger charge is 2.31. The van der Waals surface area contributed by atoms with Crippen LogP contribution in [-0.2, 0) is 6.42 Å². The molecule has 1 heterocycles. The Kier molecular flexibility index (Phi) is 14.5. The number of aromatic nitrogens is 1. The van der Waals surface area contributed by atoms with Crippen LogP contribution < -0.4 is 10.5 Å². The van der Waals surface area contributed by atoms with Gasteiger partial charge in [-0.3, -0.25) is 0 Å². The summed E-state index contributed by atoms with van der Waals surface area (Å²) in [5.74, 6) is -0.342. The molecule has 242 valence electrons. The van der Waals surface area contributed by atoms with Gasteiger partial charge in [0, 0.05) is 13.1 Å². The Hall–Kier alpha value is -3.11. The van der Waals surface area contributed by atoms with Crippen molar-refractivity contribution in [3.63, 3.8) is 0 Å². The van der Waals surface area contributed by atoms with E-state index in [2.05, 4.69) is 21.5 Å². The van der Waals surface area contributed by atoms with Crippen molar-refractivity contribution in [2.24, 2.45) is 5.92 Å². The summed E-state index contributed by atoms with van der Waals surface area (Å²) in [6, 6.07) is 13.9. The third-order valence-electron chi connectivity index (χ3n) is 7.54. The summed E-state index contributed by atoms with van der Waals surface area (Å²) in [6.07, 6.45) is 9.58. The van der Waals surface area contributed by atoms with Gasteiger partial charge in [0.2, 0.25) is 0 Å². The number of aromatic carboxylic acids is 1. The summed E-state index contributed by atoms with van der Waals surface area (Å²) in [5, 5.41) is 9.27. The van der Waals surface area contributed by atoms with Gasteiger partial charge in [0.1, 0.15) is 5.75 Å². The topological polar surface area (TPSA) is 88.7 Å². The first-order valence-corrected chi connectivity index (χ1v) is 16.5. The molecule has 10 heteroatoms. The number of thiazole rings is 1. The quantitative estimate of drug-likeness (QED) is 0.144. The van der Waals surface area contributed by atoms with Crippen LogP contribution in [0, 0.1) is 12.8 Å². The minimum absolute atomic E-state index is 0.0214. The maximum Gasteiger partial charge on any atom is 0.573 e. The van der Waals surface area contributed by atoms with Crippen molar-refractivity contribution in [3.05, 3.63) is 65.4 Å². The Labute approximate surface area is 263 Å². The van der Waals surface area contributed by atoms with Crippen molar-refractivity contribution < 1.29 is 27.8 Å². The van der Waals surface area contributed by atoms with E-state index in [1.54, 1.807) is 12.1 Å². The molecule has 2 aromatic carbocycles. The molecule has 6 nitrogen and oxygen atoms in total. The number of carbonyl (C=O) groups is 1. The lowest BCUT2D eigenvalue weighted by molar-refractivity contribution is -0.274. The van der Waals surface area contributed by atoms with E-state index < -0.39 is 12.3 Å². The van der Waals surface area contributed by atoms with Crippen molar-refractivity contribution >= 4 is 22.4 Å². The van der Waals surface area contributed by atoms with E-state index in [0.29, 0.717) is 4.88 Å². The minimum atomic E-state index is -4.63. The first-order chi connectivity index (χ1) is 21.0. The molecule has 0 amide bonds. The lowest BCUT2D eigenvalue weighted by Gasteiger charge is -2.22. The first kappa shape index (κ1) is 35.4. The van der Waals surface area contributed by atoms with E-state index in [0.717, 1.165) is 42.1 Å². The maximum atomic E-state index is 12.2. The number of nitrogens with two attached hydrogens (primary N) is 1. The van der Waals surface area contributed by atoms with Gasteiger partial charge in [-0.05, 0) is 68.3 Å². The van der Waals surface area contributed by atoms with Gasteiger partial charge >= 0.3 is 12.3 Å². The van der Waals surface area contributed by atoms with Gasteiger partial charge < -0.3 is 20.5 Å². The number of nitrogen functional groups attached to an aromatic ring is 1.